The first-order valence-electron chi connectivity index (χ1n) is 9.40. The number of rotatable bonds is 6. The molecule has 0 saturated heterocycles. The molecule has 4 rings (SSSR count). The maximum Gasteiger partial charge on any atom is 0.271 e. The van der Waals surface area contributed by atoms with E-state index >= 15 is 0 Å². The highest BCUT2D eigenvalue weighted by atomic mass is 16.6. The van der Waals surface area contributed by atoms with Gasteiger partial charge in [-0.3, -0.25) is 19.6 Å². The number of nitrogens with one attached hydrogen (secondary N) is 1. The van der Waals surface area contributed by atoms with Crippen molar-refractivity contribution in [2.75, 3.05) is 0 Å². The molecule has 1 amide bonds. The van der Waals surface area contributed by atoms with E-state index < -0.39 is 4.92 Å². The maximum absolute atomic E-state index is 12.4. The van der Waals surface area contributed by atoms with Crippen molar-refractivity contribution in [3.63, 3.8) is 0 Å². The number of carbonyl (C=O) groups is 1. The second kappa shape index (κ2) is 6.70. The molecular formula is C19H24N4O3. The molecule has 2 aliphatic rings. The Morgan fingerprint density at radius 2 is 2.27 bits per heavy atom. The molecule has 26 heavy (non-hydrogen) atoms. The van der Waals surface area contributed by atoms with Crippen molar-refractivity contribution in [2.24, 2.45) is 17.8 Å². The van der Waals surface area contributed by atoms with Crippen LogP contribution in [-0.2, 0) is 11.3 Å². The van der Waals surface area contributed by atoms with Gasteiger partial charge in [0.2, 0.25) is 5.91 Å². The number of aromatic nitrogens is 2. The van der Waals surface area contributed by atoms with Crippen LogP contribution in [0.2, 0.25) is 0 Å². The third-order valence-electron chi connectivity index (χ3n) is 6.21. The first-order valence-corrected chi connectivity index (χ1v) is 9.40. The minimum atomic E-state index is -0.416. The van der Waals surface area contributed by atoms with Crippen LogP contribution in [0.4, 0.5) is 5.69 Å². The molecule has 1 aromatic heterocycles. The summed E-state index contributed by atoms with van der Waals surface area (Å²) in [6.07, 6.45) is 7.26. The van der Waals surface area contributed by atoms with E-state index in [1.165, 1.54) is 37.8 Å². The summed E-state index contributed by atoms with van der Waals surface area (Å²) in [5.74, 6) is 2.29. The van der Waals surface area contributed by atoms with E-state index in [-0.39, 0.29) is 17.6 Å². The monoisotopic (exact) mass is 356 g/mol. The summed E-state index contributed by atoms with van der Waals surface area (Å²) in [5, 5.41) is 19.2. The van der Waals surface area contributed by atoms with Crippen LogP contribution in [-0.4, -0.2) is 26.7 Å². The van der Waals surface area contributed by atoms with Crippen LogP contribution in [0.1, 0.15) is 39.0 Å². The van der Waals surface area contributed by atoms with Crippen molar-refractivity contribution in [3.05, 3.63) is 34.5 Å². The summed E-state index contributed by atoms with van der Waals surface area (Å²) in [7, 11) is 0. The Hall–Kier alpha value is -2.44. The fourth-order valence-electron chi connectivity index (χ4n) is 4.90. The number of nitro groups is 1. The average molecular weight is 356 g/mol. The molecule has 2 aromatic rings. The summed E-state index contributed by atoms with van der Waals surface area (Å²) < 4.78 is 1.67. The zero-order valence-electron chi connectivity index (χ0n) is 14.9. The summed E-state index contributed by atoms with van der Waals surface area (Å²) in [5.41, 5.74) is 0.724. The molecule has 4 atom stereocenters. The van der Waals surface area contributed by atoms with Crippen LogP contribution < -0.4 is 5.32 Å². The molecule has 0 unspecified atom stereocenters. The summed E-state index contributed by atoms with van der Waals surface area (Å²) in [4.78, 5) is 22.9. The Balaban J connectivity index is 1.36. The largest absolute Gasteiger partial charge is 0.353 e. The van der Waals surface area contributed by atoms with Gasteiger partial charge in [0, 0.05) is 30.0 Å². The second-order valence-electron chi connectivity index (χ2n) is 7.81. The first-order chi connectivity index (χ1) is 12.5. The van der Waals surface area contributed by atoms with Gasteiger partial charge in [0.25, 0.3) is 5.69 Å². The number of carbonyl (C=O) groups excluding carboxylic acids is 1. The third kappa shape index (κ3) is 3.18. The lowest BCUT2D eigenvalue weighted by Crippen LogP contribution is -2.40. The molecule has 1 N–H and O–H groups in total. The molecule has 7 nitrogen and oxygen atoms in total. The highest BCUT2D eigenvalue weighted by Crippen LogP contribution is 2.49. The lowest BCUT2D eigenvalue weighted by Gasteiger charge is -2.28. The normalized spacial score (nSPS) is 25.5. The number of aryl methyl sites for hydroxylation is 1. The van der Waals surface area contributed by atoms with E-state index in [2.05, 4.69) is 17.3 Å². The Morgan fingerprint density at radius 3 is 2.96 bits per heavy atom. The summed E-state index contributed by atoms with van der Waals surface area (Å²) in [6, 6.07) is 4.89. The predicted octanol–water partition coefficient (Wildman–Crippen LogP) is 3.28. The number of nitrogens with zero attached hydrogens (tertiary/aromatic N) is 3. The number of hydrogen-bond acceptors (Lipinski definition) is 4. The van der Waals surface area contributed by atoms with Gasteiger partial charge in [0.05, 0.1) is 23.2 Å². The molecule has 138 valence electrons. The van der Waals surface area contributed by atoms with Crippen molar-refractivity contribution in [2.45, 2.75) is 51.6 Å². The van der Waals surface area contributed by atoms with E-state index in [1.54, 1.807) is 16.9 Å². The van der Waals surface area contributed by atoms with Gasteiger partial charge >= 0.3 is 0 Å². The first kappa shape index (κ1) is 17.0. The molecule has 1 aromatic carbocycles. The number of benzene rings is 1. The Morgan fingerprint density at radius 1 is 1.42 bits per heavy atom. The zero-order valence-corrected chi connectivity index (χ0v) is 14.9. The highest BCUT2D eigenvalue weighted by molar-refractivity contribution is 5.81. The average Bonchev–Trinajstić information content (AvgIpc) is 3.34. The lowest BCUT2D eigenvalue weighted by molar-refractivity contribution is -0.384. The lowest BCUT2D eigenvalue weighted by atomic mass is 9.84. The number of fused-ring (bicyclic) bond motifs is 3. The smallest absolute Gasteiger partial charge is 0.271 e. The van der Waals surface area contributed by atoms with Crippen LogP contribution >= 0.6 is 0 Å². The third-order valence-corrected chi connectivity index (χ3v) is 6.21. The van der Waals surface area contributed by atoms with Gasteiger partial charge in [-0.05, 0) is 50.0 Å². The fraction of sp³-hybridized carbons (Fsp3) is 0.579. The van der Waals surface area contributed by atoms with Crippen LogP contribution in [0, 0.1) is 27.9 Å². The minimum absolute atomic E-state index is 0.0226. The van der Waals surface area contributed by atoms with E-state index in [9.17, 15) is 14.9 Å². The number of nitro benzene ring substituents is 1. The van der Waals surface area contributed by atoms with Crippen molar-refractivity contribution in [1.82, 2.24) is 15.1 Å². The molecule has 0 spiro atoms. The second-order valence-corrected chi connectivity index (χ2v) is 7.81. The van der Waals surface area contributed by atoms with E-state index in [0.717, 1.165) is 17.2 Å². The van der Waals surface area contributed by atoms with Crippen molar-refractivity contribution in [3.8, 4) is 0 Å². The molecule has 2 bridgehead atoms. The molecule has 2 saturated carbocycles. The fourth-order valence-corrected chi connectivity index (χ4v) is 4.90. The topological polar surface area (TPSA) is 90.1 Å². The van der Waals surface area contributed by atoms with Gasteiger partial charge in [-0.2, -0.15) is 5.10 Å². The van der Waals surface area contributed by atoms with Crippen LogP contribution in [0.5, 0.6) is 0 Å². The van der Waals surface area contributed by atoms with Gasteiger partial charge in [0.15, 0.2) is 0 Å². The minimum Gasteiger partial charge on any atom is -0.353 e. The zero-order chi connectivity index (χ0) is 18.3. The summed E-state index contributed by atoms with van der Waals surface area (Å²) >= 11 is 0. The standard InChI is InChI=1S/C19H24N4O3/c1-12(17-9-13-2-3-14(17)8-13)21-19(24)6-7-22-18-10-16(23(25)26)5-4-15(18)11-20-22/h4-5,10-14,17H,2-3,6-9H2,1H3,(H,21,24)/t12-,13-,14-,17+/m0/s1. The number of non-ortho nitro benzene ring substituents is 1. The van der Waals surface area contributed by atoms with Crippen LogP contribution in [0.3, 0.4) is 0 Å². The van der Waals surface area contributed by atoms with Crippen molar-refractivity contribution >= 4 is 22.5 Å². The quantitative estimate of drug-likeness (QED) is 0.635. The molecule has 2 aliphatic carbocycles. The van der Waals surface area contributed by atoms with E-state index in [1.807, 2.05) is 0 Å². The molecule has 0 aliphatic heterocycles. The maximum atomic E-state index is 12.4. The van der Waals surface area contributed by atoms with Crippen molar-refractivity contribution < 1.29 is 9.72 Å². The predicted molar refractivity (Wildman–Crippen MR) is 97.5 cm³/mol. The molecular weight excluding hydrogens is 332 g/mol. The van der Waals surface area contributed by atoms with Crippen molar-refractivity contribution in [1.29, 1.82) is 0 Å². The SMILES string of the molecule is C[C@H](NC(=O)CCn1ncc2ccc([N+](=O)[O-])cc21)[C@H]1C[C@H]2CC[C@H]1C2. The molecule has 0 radical (unpaired) electrons. The summed E-state index contributed by atoms with van der Waals surface area (Å²) in [6.45, 7) is 2.54. The van der Waals surface area contributed by atoms with Gasteiger partial charge in [0.1, 0.15) is 0 Å². The van der Waals surface area contributed by atoms with Gasteiger partial charge in [-0.15, -0.1) is 0 Å². The van der Waals surface area contributed by atoms with Crippen LogP contribution in [0.15, 0.2) is 24.4 Å². The van der Waals surface area contributed by atoms with Gasteiger partial charge in [-0.25, -0.2) is 0 Å². The van der Waals surface area contributed by atoms with Gasteiger partial charge < -0.3 is 5.32 Å². The number of hydrogen-bond donors (Lipinski definition) is 1. The Bertz CT molecular complexity index is 846. The van der Waals surface area contributed by atoms with E-state index in [0.29, 0.717) is 24.4 Å². The van der Waals surface area contributed by atoms with Gasteiger partial charge in [-0.1, -0.05) is 6.42 Å². The Labute approximate surface area is 151 Å². The molecule has 1 heterocycles. The Kier molecular flexibility index (Phi) is 4.38. The molecule has 2 fully saturated rings. The van der Waals surface area contributed by atoms with Crippen LogP contribution in [0.25, 0.3) is 10.9 Å². The molecule has 7 heteroatoms. The highest BCUT2D eigenvalue weighted by Gasteiger charge is 2.42. The number of amides is 1. The van der Waals surface area contributed by atoms with E-state index in [4.69, 9.17) is 0 Å².